The van der Waals surface area contributed by atoms with Gasteiger partial charge in [0.15, 0.2) is 0 Å². The molecule has 0 aromatic heterocycles. The Morgan fingerprint density at radius 1 is 0.833 bits per heavy atom. The van der Waals surface area contributed by atoms with Crippen LogP contribution in [0.2, 0.25) is 0 Å². The van der Waals surface area contributed by atoms with Crippen LogP contribution in [0.1, 0.15) is 10.4 Å². The van der Waals surface area contributed by atoms with Crippen LogP contribution in [0.25, 0.3) is 32.3 Å². The molecule has 0 atom stereocenters. The van der Waals surface area contributed by atoms with Crippen LogP contribution in [0.15, 0.2) is 48.5 Å². The summed E-state index contributed by atoms with van der Waals surface area (Å²) in [5.74, 6) is 0. The molecular weight excluding hydrogens is 220 g/mol. The predicted molar refractivity (Wildman–Crippen MR) is 74.4 cm³/mol. The first-order valence-electron chi connectivity index (χ1n) is 5.91. The Balaban J connectivity index is 2.38. The highest BCUT2D eigenvalue weighted by Gasteiger charge is 2.08. The minimum absolute atomic E-state index is 0.727. The van der Waals surface area contributed by atoms with Crippen LogP contribution in [0.3, 0.4) is 0 Å². The van der Waals surface area contributed by atoms with Crippen molar-refractivity contribution in [2.75, 3.05) is 0 Å². The number of hydrogen-bond acceptors (Lipinski definition) is 1. The van der Waals surface area contributed by atoms with Crippen molar-refractivity contribution in [2.45, 2.75) is 0 Å². The van der Waals surface area contributed by atoms with Crippen LogP contribution in [0.5, 0.6) is 0 Å². The molecule has 0 unspecified atom stereocenters. The molecule has 0 spiro atoms. The number of carbonyl (C=O) groups is 1. The zero-order valence-corrected chi connectivity index (χ0v) is 9.60. The molecule has 1 radical (unpaired) electrons. The standard InChI is InChI=1S/C17H9O/c18-10-11-8-14-6-4-12-2-1-3-13-5-7-15(9-11)17(14)16(12)13/h1-2,4-10H. The predicted octanol–water partition coefficient (Wildman–Crippen LogP) is 4.20. The van der Waals surface area contributed by atoms with Crippen molar-refractivity contribution in [3.63, 3.8) is 0 Å². The zero-order valence-electron chi connectivity index (χ0n) is 9.60. The second-order valence-corrected chi connectivity index (χ2v) is 4.58. The highest BCUT2D eigenvalue weighted by molar-refractivity contribution is 6.23. The van der Waals surface area contributed by atoms with E-state index in [1.54, 1.807) is 0 Å². The quantitative estimate of drug-likeness (QED) is 0.353. The van der Waals surface area contributed by atoms with Crippen LogP contribution in [0.4, 0.5) is 0 Å². The highest BCUT2D eigenvalue weighted by Crippen LogP contribution is 2.34. The van der Waals surface area contributed by atoms with Gasteiger partial charge in [-0.25, -0.2) is 0 Å². The second-order valence-electron chi connectivity index (χ2n) is 4.58. The molecule has 4 aromatic carbocycles. The molecular formula is C17H9O. The smallest absolute Gasteiger partial charge is 0.150 e. The molecule has 0 saturated carbocycles. The summed E-state index contributed by atoms with van der Waals surface area (Å²) in [5, 5.41) is 7.06. The fourth-order valence-electron chi connectivity index (χ4n) is 2.77. The number of aldehydes is 1. The fourth-order valence-corrected chi connectivity index (χ4v) is 2.77. The van der Waals surface area contributed by atoms with E-state index in [2.05, 4.69) is 36.4 Å². The lowest BCUT2D eigenvalue weighted by Gasteiger charge is -2.10. The Morgan fingerprint density at radius 3 is 2.33 bits per heavy atom. The first-order valence-corrected chi connectivity index (χ1v) is 5.91. The van der Waals surface area contributed by atoms with Gasteiger partial charge in [0.25, 0.3) is 0 Å². The van der Waals surface area contributed by atoms with E-state index in [4.69, 9.17) is 0 Å². The van der Waals surface area contributed by atoms with E-state index in [1.165, 1.54) is 16.2 Å². The monoisotopic (exact) mass is 229 g/mol. The normalized spacial score (nSPS) is 11.6. The maximum absolute atomic E-state index is 11.0. The van der Waals surface area contributed by atoms with E-state index < -0.39 is 0 Å². The Labute approximate surface area is 104 Å². The number of rotatable bonds is 1. The Hall–Kier alpha value is -2.41. The van der Waals surface area contributed by atoms with E-state index >= 15 is 0 Å². The van der Waals surface area contributed by atoms with Gasteiger partial charge in [-0.15, -0.1) is 0 Å². The van der Waals surface area contributed by atoms with Crippen molar-refractivity contribution >= 4 is 38.6 Å². The molecule has 18 heavy (non-hydrogen) atoms. The van der Waals surface area contributed by atoms with Gasteiger partial charge < -0.3 is 0 Å². The molecule has 4 rings (SSSR count). The third-order valence-corrected chi connectivity index (χ3v) is 3.54. The highest BCUT2D eigenvalue weighted by atomic mass is 16.1. The SMILES string of the molecule is O=Cc1cc2ccc3[c]ccc4ccc(c1)c2c34. The summed E-state index contributed by atoms with van der Waals surface area (Å²) in [6.45, 7) is 0. The summed E-state index contributed by atoms with van der Waals surface area (Å²) in [6, 6.07) is 19.5. The van der Waals surface area contributed by atoms with Gasteiger partial charge in [-0.1, -0.05) is 36.4 Å². The molecule has 0 bridgehead atoms. The van der Waals surface area contributed by atoms with Gasteiger partial charge in [0, 0.05) is 5.56 Å². The minimum atomic E-state index is 0.727. The molecule has 0 N–H and O–H groups in total. The lowest BCUT2D eigenvalue weighted by Crippen LogP contribution is -1.86. The van der Waals surface area contributed by atoms with Crippen molar-refractivity contribution < 1.29 is 4.79 Å². The third-order valence-electron chi connectivity index (χ3n) is 3.54. The molecule has 4 aromatic rings. The first kappa shape index (κ1) is 9.60. The van der Waals surface area contributed by atoms with Crippen LogP contribution in [-0.2, 0) is 0 Å². The average molecular weight is 229 g/mol. The summed E-state index contributed by atoms with van der Waals surface area (Å²) in [6.07, 6.45) is 0.903. The van der Waals surface area contributed by atoms with Crippen LogP contribution < -0.4 is 0 Å². The van der Waals surface area contributed by atoms with Gasteiger partial charge in [0.05, 0.1) is 0 Å². The van der Waals surface area contributed by atoms with E-state index in [0.717, 1.165) is 28.0 Å². The molecule has 1 heteroatoms. The fraction of sp³-hybridized carbons (Fsp3) is 0. The molecule has 0 fully saturated rings. The lowest BCUT2D eigenvalue weighted by molar-refractivity contribution is 0.112. The van der Waals surface area contributed by atoms with Crippen molar-refractivity contribution in [2.24, 2.45) is 0 Å². The molecule has 0 aliphatic heterocycles. The zero-order chi connectivity index (χ0) is 12.1. The number of benzene rings is 4. The first-order chi connectivity index (χ1) is 8.86. The summed E-state index contributed by atoms with van der Waals surface area (Å²) in [5.41, 5.74) is 0.727. The van der Waals surface area contributed by atoms with Crippen molar-refractivity contribution in [3.05, 3.63) is 60.2 Å². The molecule has 0 amide bonds. The summed E-state index contributed by atoms with van der Waals surface area (Å²) < 4.78 is 0. The molecule has 1 nitrogen and oxygen atoms in total. The number of carbonyl (C=O) groups excluding carboxylic acids is 1. The number of hydrogen-bond donors (Lipinski definition) is 0. The molecule has 0 saturated heterocycles. The molecule has 0 aliphatic rings. The van der Waals surface area contributed by atoms with Crippen molar-refractivity contribution in [3.8, 4) is 0 Å². The molecule has 83 valence electrons. The summed E-state index contributed by atoms with van der Waals surface area (Å²) in [4.78, 5) is 11.0. The molecule has 0 heterocycles. The van der Waals surface area contributed by atoms with Gasteiger partial charge in [-0.05, 0) is 50.5 Å². The van der Waals surface area contributed by atoms with Crippen LogP contribution in [0, 0.1) is 6.07 Å². The van der Waals surface area contributed by atoms with Crippen molar-refractivity contribution in [1.82, 2.24) is 0 Å². The van der Waals surface area contributed by atoms with E-state index in [0.29, 0.717) is 0 Å². The van der Waals surface area contributed by atoms with Gasteiger partial charge >= 0.3 is 0 Å². The third kappa shape index (κ3) is 1.13. The second kappa shape index (κ2) is 3.30. The summed E-state index contributed by atoms with van der Waals surface area (Å²) in [7, 11) is 0. The maximum atomic E-state index is 11.0. The van der Waals surface area contributed by atoms with Gasteiger partial charge in [-0.3, -0.25) is 4.79 Å². The maximum Gasteiger partial charge on any atom is 0.150 e. The topological polar surface area (TPSA) is 17.1 Å². The molecule has 0 aliphatic carbocycles. The van der Waals surface area contributed by atoms with Crippen molar-refractivity contribution in [1.29, 1.82) is 0 Å². The Kier molecular flexibility index (Phi) is 1.76. The average Bonchev–Trinajstić information content (AvgIpc) is 2.44. The van der Waals surface area contributed by atoms with E-state index in [1.807, 2.05) is 18.2 Å². The van der Waals surface area contributed by atoms with Gasteiger partial charge in [0.2, 0.25) is 0 Å². The van der Waals surface area contributed by atoms with E-state index in [9.17, 15) is 4.79 Å². The lowest BCUT2D eigenvalue weighted by atomic mass is 9.93. The summed E-state index contributed by atoms with van der Waals surface area (Å²) >= 11 is 0. The Morgan fingerprint density at radius 2 is 1.56 bits per heavy atom. The van der Waals surface area contributed by atoms with E-state index in [-0.39, 0.29) is 0 Å². The van der Waals surface area contributed by atoms with Gasteiger partial charge in [-0.2, -0.15) is 0 Å². The minimum Gasteiger partial charge on any atom is -0.298 e. The van der Waals surface area contributed by atoms with Crippen LogP contribution in [-0.4, -0.2) is 6.29 Å². The van der Waals surface area contributed by atoms with Crippen LogP contribution >= 0.6 is 0 Å². The largest absolute Gasteiger partial charge is 0.298 e. The Bertz CT molecular complexity index is 826. The van der Waals surface area contributed by atoms with Gasteiger partial charge in [0.1, 0.15) is 6.29 Å².